The Morgan fingerprint density at radius 2 is 1.45 bits per heavy atom. The number of hydrogen-bond donors (Lipinski definition) is 0. The van der Waals surface area contributed by atoms with Crippen LogP contribution in [0.5, 0.6) is 0 Å². The molecule has 0 heterocycles. The number of aryl methyl sites for hydroxylation is 1. The van der Waals surface area contributed by atoms with E-state index in [4.69, 9.17) is 0 Å². The number of rotatable bonds is 1. The summed E-state index contributed by atoms with van der Waals surface area (Å²) in [6.45, 7) is 2.75. The molecule has 0 amide bonds. The summed E-state index contributed by atoms with van der Waals surface area (Å²) in [4.78, 5) is 0. The van der Waals surface area contributed by atoms with Crippen molar-refractivity contribution in [1.29, 1.82) is 0 Å². The number of halogens is 6. The first-order chi connectivity index (χ1) is 10.00. The van der Waals surface area contributed by atoms with Crippen LogP contribution in [0.15, 0.2) is 42.0 Å². The van der Waals surface area contributed by atoms with Crippen LogP contribution in [0.25, 0.3) is 5.57 Å². The molecule has 0 bridgehead atoms. The third-order valence-corrected chi connectivity index (χ3v) is 3.79. The van der Waals surface area contributed by atoms with E-state index in [2.05, 4.69) is 0 Å². The van der Waals surface area contributed by atoms with Crippen LogP contribution >= 0.6 is 0 Å². The molecule has 0 aliphatic heterocycles. The molecule has 0 nitrogen and oxygen atoms in total. The first-order valence-electron chi connectivity index (χ1n) is 6.64. The van der Waals surface area contributed by atoms with E-state index in [0.29, 0.717) is 5.56 Å². The second-order valence-corrected chi connectivity index (χ2v) is 5.44. The Balaban J connectivity index is 2.54. The Labute approximate surface area is 124 Å². The van der Waals surface area contributed by atoms with E-state index in [-0.39, 0.29) is 5.57 Å². The van der Waals surface area contributed by atoms with Crippen LogP contribution in [-0.2, 0) is 0 Å². The van der Waals surface area contributed by atoms with Gasteiger partial charge in [0.25, 0.3) is 0 Å². The van der Waals surface area contributed by atoms with E-state index in [0.717, 1.165) is 24.6 Å². The first-order valence-corrected chi connectivity index (χ1v) is 6.64. The average Bonchev–Trinajstić information content (AvgIpc) is 2.37. The van der Waals surface area contributed by atoms with Crippen LogP contribution in [0.2, 0.25) is 0 Å². The molecule has 1 aromatic rings. The molecule has 0 N–H and O–H groups in total. The van der Waals surface area contributed by atoms with E-state index in [9.17, 15) is 26.3 Å². The number of alkyl halides is 6. The maximum absolute atomic E-state index is 13.1. The lowest BCUT2D eigenvalue weighted by molar-refractivity contribution is -0.176. The Bertz CT molecular complexity index is 601. The van der Waals surface area contributed by atoms with Gasteiger partial charge in [-0.25, -0.2) is 0 Å². The van der Waals surface area contributed by atoms with Crippen molar-refractivity contribution < 1.29 is 26.3 Å². The highest BCUT2D eigenvalue weighted by molar-refractivity contribution is 5.76. The topological polar surface area (TPSA) is 0 Å². The maximum atomic E-state index is 13.1. The van der Waals surface area contributed by atoms with E-state index >= 15 is 0 Å². The van der Waals surface area contributed by atoms with Crippen molar-refractivity contribution in [2.45, 2.75) is 26.2 Å². The highest BCUT2D eigenvalue weighted by atomic mass is 19.4. The van der Waals surface area contributed by atoms with Crippen LogP contribution in [0.1, 0.15) is 18.1 Å². The molecule has 2 rings (SSSR count). The Hall–Kier alpha value is -1.72. The molecule has 0 radical (unpaired) electrons. The zero-order valence-corrected chi connectivity index (χ0v) is 11.9. The second kappa shape index (κ2) is 5.48. The summed E-state index contributed by atoms with van der Waals surface area (Å²) in [6, 6.07) is 6.35. The van der Waals surface area contributed by atoms with Crippen molar-refractivity contribution in [2.75, 3.05) is 0 Å². The molecule has 22 heavy (non-hydrogen) atoms. The average molecular weight is 320 g/mol. The normalized spacial score (nSPS) is 23.1. The van der Waals surface area contributed by atoms with Gasteiger partial charge in [-0.05, 0) is 24.1 Å². The van der Waals surface area contributed by atoms with Gasteiger partial charge in [-0.15, -0.1) is 0 Å². The monoisotopic (exact) mass is 320 g/mol. The maximum Gasteiger partial charge on any atom is 0.412 e. The number of benzene rings is 1. The summed E-state index contributed by atoms with van der Waals surface area (Å²) in [5.41, 5.74) is 0.0232. The largest absolute Gasteiger partial charge is 0.412 e. The van der Waals surface area contributed by atoms with Crippen molar-refractivity contribution >= 4 is 5.57 Å². The standard InChI is InChI=1S/C16H14F6/c1-9-3-5-11(6-4-9)12-7-13(15(17,18)19)10(2)14(8-12)16(20,21)22/h3-8,10,13H,1-2H3. The van der Waals surface area contributed by atoms with Gasteiger partial charge >= 0.3 is 12.4 Å². The van der Waals surface area contributed by atoms with Crippen molar-refractivity contribution in [3.63, 3.8) is 0 Å². The lowest BCUT2D eigenvalue weighted by Crippen LogP contribution is -2.34. The van der Waals surface area contributed by atoms with E-state index < -0.39 is 29.8 Å². The molecule has 0 fully saturated rings. The zero-order chi connectivity index (χ0) is 16.7. The first kappa shape index (κ1) is 16.6. The minimum atomic E-state index is -4.78. The molecular formula is C16H14F6. The molecular weight excluding hydrogens is 306 g/mol. The highest BCUT2D eigenvalue weighted by Gasteiger charge is 2.50. The van der Waals surface area contributed by atoms with Crippen molar-refractivity contribution in [2.24, 2.45) is 11.8 Å². The highest BCUT2D eigenvalue weighted by Crippen LogP contribution is 2.46. The van der Waals surface area contributed by atoms with Gasteiger partial charge < -0.3 is 0 Å². The minimum absolute atomic E-state index is 0.0484. The molecule has 2 unspecified atom stereocenters. The molecule has 6 heteroatoms. The van der Waals surface area contributed by atoms with Gasteiger partial charge in [-0.1, -0.05) is 42.8 Å². The predicted octanol–water partition coefficient (Wildman–Crippen LogP) is 5.70. The quantitative estimate of drug-likeness (QED) is 0.583. The van der Waals surface area contributed by atoms with Crippen LogP contribution in [0, 0.1) is 18.8 Å². The fourth-order valence-electron chi connectivity index (χ4n) is 2.52. The van der Waals surface area contributed by atoms with Crippen molar-refractivity contribution in [3.8, 4) is 0 Å². The van der Waals surface area contributed by atoms with Crippen LogP contribution < -0.4 is 0 Å². The summed E-state index contributed by atoms with van der Waals surface area (Å²) >= 11 is 0. The summed E-state index contributed by atoms with van der Waals surface area (Å²) in [5.74, 6) is -3.81. The molecule has 0 spiro atoms. The van der Waals surface area contributed by atoms with E-state index in [1.165, 1.54) is 12.1 Å². The van der Waals surface area contributed by atoms with E-state index in [1.54, 1.807) is 19.1 Å². The van der Waals surface area contributed by atoms with E-state index in [1.807, 2.05) is 0 Å². The van der Waals surface area contributed by atoms with Gasteiger partial charge in [0.15, 0.2) is 0 Å². The van der Waals surface area contributed by atoms with Crippen molar-refractivity contribution in [3.05, 3.63) is 53.1 Å². The Morgan fingerprint density at radius 1 is 0.909 bits per heavy atom. The van der Waals surface area contributed by atoms with Gasteiger partial charge in [-0.2, -0.15) is 26.3 Å². The Morgan fingerprint density at radius 3 is 1.91 bits per heavy atom. The second-order valence-electron chi connectivity index (χ2n) is 5.44. The fourth-order valence-corrected chi connectivity index (χ4v) is 2.52. The van der Waals surface area contributed by atoms with Crippen LogP contribution in [0.4, 0.5) is 26.3 Å². The van der Waals surface area contributed by atoms with Gasteiger partial charge in [-0.3, -0.25) is 0 Å². The molecule has 0 aromatic heterocycles. The van der Waals surface area contributed by atoms with Gasteiger partial charge in [0.05, 0.1) is 5.92 Å². The lowest BCUT2D eigenvalue weighted by Gasteiger charge is -2.31. The third-order valence-electron chi connectivity index (χ3n) is 3.79. The number of allylic oxidation sites excluding steroid dienone is 4. The van der Waals surface area contributed by atoms with Crippen LogP contribution in [-0.4, -0.2) is 12.4 Å². The zero-order valence-electron chi connectivity index (χ0n) is 11.9. The third kappa shape index (κ3) is 3.36. The fraction of sp³-hybridized carbons (Fsp3) is 0.375. The number of hydrogen-bond acceptors (Lipinski definition) is 0. The van der Waals surface area contributed by atoms with Crippen molar-refractivity contribution in [1.82, 2.24) is 0 Å². The van der Waals surface area contributed by atoms with Gasteiger partial charge in [0.2, 0.25) is 0 Å². The molecule has 1 aliphatic carbocycles. The van der Waals surface area contributed by atoms with Crippen LogP contribution in [0.3, 0.4) is 0 Å². The summed E-state index contributed by atoms with van der Waals surface area (Å²) in [6.07, 6.45) is -7.81. The minimum Gasteiger partial charge on any atom is -0.170 e. The SMILES string of the molecule is Cc1ccc(C2=CC(C(F)(F)F)C(C)C(C(F)(F)F)=C2)cc1. The molecule has 120 valence electrons. The Kier molecular flexibility index (Phi) is 4.15. The summed E-state index contributed by atoms with van der Waals surface area (Å²) in [5, 5.41) is 0. The molecule has 1 aliphatic rings. The lowest BCUT2D eigenvalue weighted by atomic mass is 9.79. The smallest absolute Gasteiger partial charge is 0.170 e. The molecule has 2 atom stereocenters. The molecule has 1 aromatic carbocycles. The predicted molar refractivity (Wildman–Crippen MR) is 72.0 cm³/mol. The summed E-state index contributed by atoms with van der Waals surface area (Å²) in [7, 11) is 0. The molecule has 0 saturated carbocycles. The molecule has 0 saturated heterocycles. The van der Waals surface area contributed by atoms with Gasteiger partial charge in [0, 0.05) is 11.5 Å². The van der Waals surface area contributed by atoms with Gasteiger partial charge in [0.1, 0.15) is 0 Å². The summed E-state index contributed by atoms with van der Waals surface area (Å²) < 4.78 is 78.3.